The summed E-state index contributed by atoms with van der Waals surface area (Å²) in [5.74, 6) is -1.16. The number of aromatic nitrogens is 2. The number of rotatable bonds is 5. The molecule has 1 aliphatic rings. The van der Waals surface area contributed by atoms with E-state index in [-0.39, 0.29) is 17.2 Å². The number of nitrogens with one attached hydrogen (secondary N) is 1. The van der Waals surface area contributed by atoms with Crippen molar-refractivity contribution < 1.29 is 14.3 Å². The van der Waals surface area contributed by atoms with Gasteiger partial charge in [0.15, 0.2) is 0 Å². The number of carboxylic acids is 1. The minimum absolute atomic E-state index is 0.0820. The van der Waals surface area contributed by atoms with Gasteiger partial charge in [-0.3, -0.25) is 9.36 Å². The zero-order valence-corrected chi connectivity index (χ0v) is 17.8. The van der Waals surface area contributed by atoms with Gasteiger partial charge in [0.1, 0.15) is 10.5 Å². The fourth-order valence-electron chi connectivity index (χ4n) is 4.05. The number of thiophene rings is 1. The van der Waals surface area contributed by atoms with Gasteiger partial charge in [-0.1, -0.05) is 0 Å². The quantitative estimate of drug-likeness (QED) is 0.638. The molecule has 2 aromatic heterocycles. The van der Waals surface area contributed by atoms with E-state index in [2.05, 4.69) is 10.2 Å². The molecule has 7 nitrogen and oxygen atoms in total. The maximum Gasteiger partial charge on any atom is 0.337 e. The van der Waals surface area contributed by atoms with E-state index in [1.54, 1.807) is 11.6 Å². The Kier molecular flexibility index (Phi) is 5.23. The molecule has 1 aromatic carbocycles. The molecular formula is C21H23FN4O3S. The molecule has 1 unspecified atom stereocenters. The molecule has 3 heterocycles. The van der Waals surface area contributed by atoms with Crippen molar-refractivity contribution in [2.45, 2.75) is 32.7 Å². The van der Waals surface area contributed by atoms with Crippen molar-refractivity contribution in [3.8, 4) is 0 Å². The maximum atomic E-state index is 13.5. The van der Waals surface area contributed by atoms with E-state index < -0.39 is 11.8 Å². The minimum atomic E-state index is -1.21. The van der Waals surface area contributed by atoms with Gasteiger partial charge < -0.3 is 15.3 Å². The largest absolute Gasteiger partial charge is 0.478 e. The molecule has 0 aliphatic carbocycles. The zero-order valence-electron chi connectivity index (χ0n) is 17.0. The highest BCUT2D eigenvalue weighted by molar-refractivity contribution is 7.19. The number of aromatic carboxylic acids is 1. The van der Waals surface area contributed by atoms with E-state index in [1.807, 2.05) is 13.8 Å². The van der Waals surface area contributed by atoms with Crippen LogP contribution in [0.25, 0.3) is 10.2 Å². The Bertz CT molecular complexity index is 1200. The Hall–Kier alpha value is -2.94. The third-order valence-corrected chi connectivity index (χ3v) is 6.62. The lowest BCUT2D eigenvalue weighted by Crippen LogP contribution is -2.29. The fourth-order valence-corrected chi connectivity index (χ4v) is 5.22. The fraction of sp³-hybridized carbons (Fsp3) is 0.381. The number of carboxylic acid groups (broad SMARTS) is 1. The number of aryl methyl sites for hydroxylation is 1. The molecular weight excluding hydrogens is 407 g/mol. The first-order valence-corrected chi connectivity index (χ1v) is 10.6. The summed E-state index contributed by atoms with van der Waals surface area (Å²) in [7, 11) is 1.75. The second-order valence-corrected chi connectivity index (χ2v) is 8.81. The van der Waals surface area contributed by atoms with Crippen LogP contribution in [0.2, 0.25) is 0 Å². The van der Waals surface area contributed by atoms with Crippen LogP contribution in [0.1, 0.15) is 46.6 Å². The average Bonchev–Trinajstić information content (AvgIpc) is 3.33. The van der Waals surface area contributed by atoms with Gasteiger partial charge in [0.05, 0.1) is 17.1 Å². The first kappa shape index (κ1) is 20.3. The van der Waals surface area contributed by atoms with Crippen molar-refractivity contribution in [2.75, 3.05) is 23.3 Å². The molecule has 1 saturated heterocycles. The molecule has 0 amide bonds. The highest BCUT2D eigenvalue weighted by atomic mass is 32.1. The van der Waals surface area contributed by atoms with Crippen molar-refractivity contribution in [3.63, 3.8) is 0 Å². The van der Waals surface area contributed by atoms with Gasteiger partial charge in [0, 0.05) is 36.3 Å². The molecule has 3 aromatic rings. The summed E-state index contributed by atoms with van der Waals surface area (Å²) >= 11 is 1.39. The van der Waals surface area contributed by atoms with Crippen LogP contribution in [0.15, 0.2) is 23.0 Å². The van der Waals surface area contributed by atoms with Gasteiger partial charge in [0.25, 0.3) is 5.56 Å². The van der Waals surface area contributed by atoms with E-state index >= 15 is 0 Å². The number of nitrogens with zero attached hydrogens (tertiary/aromatic N) is 3. The van der Waals surface area contributed by atoms with Gasteiger partial charge in [0.2, 0.25) is 5.95 Å². The molecule has 158 valence electrons. The van der Waals surface area contributed by atoms with Crippen LogP contribution >= 0.6 is 11.3 Å². The van der Waals surface area contributed by atoms with Crippen molar-refractivity contribution in [2.24, 2.45) is 7.05 Å². The third kappa shape index (κ3) is 3.43. The number of hydrogen-bond donors (Lipinski definition) is 2. The SMILES string of the molecule is Cc1sc2c(=O)n(C)c(N3CCCC3)nc2c1C(C)Nc1ccc(F)cc1C(=O)O. The van der Waals surface area contributed by atoms with Gasteiger partial charge in [-0.25, -0.2) is 14.2 Å². The zero-order chi connectivity index (χ0) is 21.6. The molecule has 2 N–H and O–H groups in total. The predicted octanol–water partition coefficient (Wildman–Crippen LogP) is 3.91. The minimum Gasteiger partial charge on any atom is -0.478 e. The summed E-state index contributed by atoms with van der Waals surface area (Å²) < 4.78 is 15.7. The molecule has 0 saturated carbocycles. The molecule has 30 heavy (non-hydrogen) atoms. The van der Waals surface area contributed by atoms with Crippen molar-refractivity contribution in [1.29, 1.82) is 0 Å². The van der Waals surface area contributed by atoms with Crippen LogP contribution in [0.3, 0.4) is 0 Å². The number of fused-ring (bicyclic) bond motifs is 1. The molecule has 0 spiro atoms. The molecule has 0 radical (unpaired) electrons. The first-order valence-electron chi connectivity index (χ1n) is 9.82. The molecule has 9 heteroatoms. The molecule has 4 rings (SSSR count). The van der Waals surface area contributed by atoms with Crippen molar-refractivity contribution in [1.82, 2.24) is 9.55 Å². The van der Waals surface area contributed by atoms with Crippen molar-refractivity contribution in [3.05, 3.63) is 50.4 Å². The van der Waals surface area contributed by atoms with Crippen LogP contribution in [-0.4, -0.2) is 33.7 Å². The second kappa shape index (κ2) is 7.71. The van der Waals surface area contributed by atoms with Crippen LogP contribution in [0, 0.1) is 12.7 Å². The predicted molar refractivity (Wildman–Crippen MR) is 116 cm³/mol. The Morgan fingerprint density at radius 2 is 2.03 bits per heavy atom. The van der Waals surface area contributed by atoms with Gasteiger partial charge in [-0.2, -0.15) is 0 Å². The summed E-state index contributed by atoms with van der Waals surface area (Å²) in [6, 6.07) is 3.31. The van der Waals surface area contributed by atoms with Gasteiger partial charge in [-0.15, -0.1) is 11.3 Å². The number of carbonyl (C=O) groups is 1. The Morgan fingerprint density at radius 3 is 2.70 bits per heavy atom. The Labute approximate surface area is 176 Å². The van der Waals surface area contributed by atoms with E-state index in [0.29, 0.717) is 21.9 Å². The van der Waals surface area contributed by atoms with Crippen LogP contribution in [0.5, 0.6) is 0 Å². The van der Waals surface area contributed by atoms with E-state index in [4.69, 9.17) is 4.98 Å². The topological polar surface area (TPSA) is 87.5 Å². The number of halogens is 1. The molecule has 0 bridgehead atoms. The van der Waals surface area contributed by atoms with Gasteiger partial charge in [-0.05, 0) is 44.9 Å². The first-order chi connectivity index (χ1) is 14.3. The molecule has 1 atom stereocenters. The number of hydrogen-bond acceptors (Lipinski definition) is 6. The van der Waals surface area contributed by atoms with E-state index in [9.17, 15) is 19.1 Å². The third-order valence-electron chi connectivity index (χ3n) is 5.52. The summed E-state index contributed by atoms with van der Waals surface area (Å²) in [4.78, 5) is 32.4. The monoisotopic (exact) mass is 430 g/mol. The van der Waals surface area contributed by atoms with Crippen LogP contribution in [-0.2, 0) is 7.05 Å². The smallest absolute Gasteiger partial charge is 0.337 e. The summed E-state index contributed by atoms with van der Waals surface area (Å²) in [5.41, 5.74) is 1.59. The number of anilines is 2. The Morgan fingerprint density at radius 1 is 1.33 bits per heavy atom. The van der Waals surface area contributed by atoms with E-state index in [0.717, 1.165) is 42.4 Å². The van der Waals surface area contributed by atoms with Gasteiger partial charge >= 0.3 is 5.97 Å². The maximum absolute atomic E-state index is 13.5. The lowest BCUT2D eigenvalue weighted by atomic mass is 10.1. The number of benzene rings is 1. The average molecular weight is 431 g/mol. The molecule has 1 fully saturated rings. The highest BCUT2D eigenvalue weighted by Crippen LogP contribution is 2.35. The standard InChI is InChI=1S/C21H23FN4O3S/c1-11(23-15-7-6-13(22)10-14(15)20(28)29)16-12(2)30-18-17(16)24-21(25(3)19(18)27)26-8-4-5-9-26/h6-7,10-11,23H,4-5,8-9H2,1-3H3,(H,28,29). The van der Waals surface area contributed by atoms with Crippen LogP contribution in [0.4, 0.5) is 16.0 Å². The summed E-state index contributed by atoms with van der Waals surface area (Å²) in [5, 5.41) is 12.6. The highest BCUT2D eigenvalue weighted by Gasteiger charge is 2.24. The molecule has 1 aliphatic heterocycles. The summed E-state index contributed by atoms with van der Waals surface area (Å²) in [6.07, 6.45) is 2.15. The lowest BCUT2D eigenvalue weighted by Gasteiger charge is -2.20. The summed E-state index contributed by atoms with van der Waals surface area (Å²) in [6.45, 7) is 5.56. The van der Waals surface area contributed by atoms with Crippen molar-refractivity contribution >= 4 is 39.2 Å². The second-order valence-electron chi connectivity index (χ2n) is 7.58. The Balaban J connectivity index is 1.80. The van der Waals surface area contributed by atoms with Crippen LogP contribution < -0.4 is 15.8 Å². The van der Waals surface area contributed by atoms with E-state index in [1.165, 1.54) is 23.5 Å². The lowest BCUT2D eigenvalue weighted by molar-refractivity contribution is 0.0697. The normalized spacial score (nSPS) is 15.0.